The molecule has 1 atom stereocenters. The van der Waals surface area contributed by atoms with Crippen LogP contribution in [0.3, 0.4) is 0 Å². The molecule has 1 rings (SSSR count). The number of likely N-dealkylation sites (N-methyl/N-ethyl adjacent to an activating group) is 1. The van der Waals surface area contributed by atoms with E-state index in [1.54, 1.807) is 0 Å². The summed E-state index contributed by atoms with van der Waals surface area (Å²) in [5, 5.41) is 3.57. The van der Waals surface area contributed by atoms with Gasteiger partial charge in [-0.1, -0.05) is 13.8 Å². The lowest BCUT2D eigenvalue weighted by atomic mass is 9.87. The molecule has 1 fully saturated rings. The monoisotopic (exact) mass is 226 g/mol. The summed E-state index contributed by atoms with van der Waals surface area (Å²) in [6.07, 6.45) is 6.88. The lowest BCUT2D eigenvalue weighted by Crippen LogP contribution is -2.40. The summed E-state index contributed by atoms with van der Waals surface area (Å²) >= 11 is 0. The minimum Gasteiger partial charge on any atom is -0.313 e. The second-order valence-corrected chi connectivity index (χ2v) is 5.66. The molecule has 96 valence electrons. The molecule has 0 spiro atoms. The van der Waals surface area contributed by atoms with Crippen LogP contribution < -0.4 is 5.32 Å². The summed E-state index contributed by atoms with van der Waals surface area (Å²) in [4.78, 5) is 2.56. The van der Waals surface area contributed by atoms with Gasteiger partial charge < -0.3 is 10.2 Å². The second kappa shape index (κ2) is 7.29. The largest absolute Gasteiger partial charge is 0.313 e. The van der Waals surface area contributed by atoms with E-state index in [4.69, 9.17) is 0 Å². The Hall–Kier alpha value is -0.0800. The van der Waals surface area contributed by atoms with Crippen LogP contribution in [0, 0.1) is 5.92 Å². The van der Waals surface area contributed by atoms with E-state index in [1.807, 2.05) is 0 Å². The van der Waals surface area contributed by atoms with Gasteiger partial charge >= 0.3 is 0 Å². The van der Waals surface area contributed by atoms with Crippen molar-refractivity contribution in [1.29, 1.82) is 0 Å². The van der Waals surface area contributed by atoms with Gasteiger partial charge in [0.05, 0.1) is 0 Å². The third kappa shape index (κ3) is 4.84. The van der Waals surface area contributed by atoms with E-state index >= 15 is 0 Å². The molecule has 2 nitrogen and oxygen atoms in total. The molecule has 0 saturated heterocycles. The van der Waals surface area contributed by atoms with Crippen molar-refractivity contribution < 1.29 is 0 Å². The van der Waals surface area contributed by atoms with Crippen LogP contribution in [0.25, 0.3) is 0 Å². The lowest BCUT2D eigenvalue weighted by Gasteiger charge is -2.33. The van der Waals surface area contributed by atoms with Gasteiger partial charge in [0, 0.05) is 25.2 Å². The molecule has 0 amide bonds. The molecule has 0 aromatic carbocycles. The summed E-state index contributed by atoms with van der Waals surface area (Å²) in [5.74, 6) is 0.961. The Morgan fingerprint density at radius 2 is 1.88 bits per heavy atom. The summed E-state index contributed by atoms with van der Waals surface area (Å²) in [7, 11) is 2.29. The van der Waals surface area contributed by atoms with Gasteiger partial charge in [0.25, 0.3) is 0 Å². The predicted molar refractivity (Wildman–Crippen MR) is 71.8 cm³/mol. The molecule has 1 saturated carbocycles. The molecule has 2 heteroatoms. The fourth-order valence-corrected chi connectivity index (χ4v) is 2.50. The van der Waals surface area contributed by atoms with Gasteiger partial charge in [-0.3, -0.25) is 0 Å². The van der Waals surface area contributed by atoms with Crippen LogP contribution >= 0.6 is 0 Å². The summed E-state index contributed by atoms with van der Waals surface area (Å²) in [6.45, 7) is 9.23. The topological polar surface area (TPSA) is 15.3 Å². The molecule has 0 radical (unpaired) electrons. The zero-order chi connectivity index (χ0) is 12.0. The van der Waals surface area contributed by atoms with E-state index in [9.17, 15) is 0 Å². The summed E-state index contributed by atoms with van der Waals surface area (Å²) in [6, 6.07) is 1.51. The van der Waals surface area contributed by atoms with Gasteiger partial charge in [-0.15, -0.1) is 0 Å². The first kappa shape index (κ1) is 14.0. The minimum absolute atomic E-state index is 0.666. The molecule has 0 bridgehead atoms. The van der Waals surface area contributed by atoms with E-state index < -0.39 is 0 Å². The Labute approximate surface area is 102 Å². The third-order valence-electron chi connectivity index (χ3n) is 4.18. The Kier molecular flexibility index (Phi) is 6.37. The molecule has 1 aliphatic rings. The average Bonchev–Trinajstić information content (AvgIpc) is 2.29. The lowest BCUT2D eigenvalue weighted by molar-refractivity contribution is 0.169. The van der Waals surface area contributed by atoms with Crippen LogP contribution in [-0.2, 0) is 0 Å². The first-order valence-corrected chi connectivity index (χ1v) is 7.07. The van der Waals surface area contributed by atoms with Gasteiger partial charge in [0.1, 0.15) is 0 Å². The number of rotatable bonds is 6. The highest BCUT2D eigenvalue weighted by Gasteiger charge is 2.21. The standard InChI is InChI=1S/C14H30N2/c1-5-13(3)15-10-11-16(4)14-8-6-12(2)7-9-14/h12-15H,5-11H2,1-4H3. The van der Waals surface area contributed by atoms with Crippen molar-refractivity contribution >= 4 is 0 Å². The number of hydrogen-bond acceptors (Lipinski definition) is 2. The average molecular weight is 226 g/mol. The highest BCUT2D eigenvalue weighted by Crippen LogP contribution is 2.26. The van der Waals surface area contributed by atoms with E-state index in [-0.39, 0.29) is 0 Å². The summed E-state index contributed by atoms with van der Waals surface area (Å²) in [5.41, 5.74) is 0. The molecule has 0 heterocycles. The van der Waals surface area contributed by atoms with Gasteiger partial charge in [-0.25, -0.2) is 0 Å². The Morgan fingerprint density at radius 3 is 2.44 bits per heavy atom. The minimum atomic E-state index is 0.666. The Balaban J connectivity index is 2.12. The fraction of sp³-hybridized carbons (Fsp3) is 1.00. The number of hydrogen-bond donors (Lipinski definition) is 1. The molecule has 0 aliphatic heterocycles. The second-order valence-electron chi connectivity index (χ2n) is 5.66. The first-order chi connectivity index (χ1) is 7.63. The van der Waals surface area contributed by atoms with Crippen molar-refractivity contribution in [3.8, 4) is 0 Å². The van der Waals surface area contributed by atoms with Crippen LogP contribution in [0.5, 0.6) is 0 Å². The Bertz CT molecular complexity index is 174. The van der Waals surface area contributed by atoms with Gasteiger partial charge in [-0.2, -0.15) is 0 Å². The van der Waals surface area contributed by atoms with Gasteiger partial charge in [-0.05, 0) is 52.0 Å². The maximum Gasteiger partial charge on any atom is 0.0107 e. The molecule has 1 aliphatic carbocycles. The van der Waals surface area contributed by atoms with Crippen molar-refractivity contribution in [1.82, 2.24) is 10.2 Å². The molecular weight excluding hydrogens is 196 g/mol. The third-order valence-corrected chi connectivity index (χ3v) is 4.18. The fourth-order valence-electron chi connectivity index (χ4n) is 2.50. The number of nitrogens with one attached hydrogen (secondary N) is 1. The van der Waals surface area contributed by atoms with Crippen LogP contribution in [-0.4, -0.2) is 37.1 Å². The van der Waals surface area contributed by atoms with Crippen molar-refractivity contribution in [3.05, 3.63) is 0 Å². The van der Waals surface area contributed by atoms with Crippen LogP contribution in [0.1, 0.15) is 52.9 Å². The normalized spacial score (nSPS) is 28.3. The van der Waals surface area contributed by atoms with Crippen molar-refractivity contribution in [2.75, 3.05) is 20.1 Å². The van der Waals surface area contributed by atoms with E-state index in [1.165, 1.54) is 38.6 Å². The van der Waals surface area contributed by atoms with Crippen molar-refractivity contribution in [2.45, 2.75) is 65.0 Å². The van der Waals surface area contributed by atoms with Crippen molar-refractivity contribution in [2.24, 2.45) is 5.92 Å². The molecule has 16 heavy (non-hydrogen) atoms. The molecule has 1 N–H and O–H groups in total. The Morgan fingerprint density at radius 1 is 1.25 bits per heavy atom. The SMILES string of the molecule is CCC(C)NCCN(C)C1CCC(C)CC1. The quantitative estimate of drug-likeness (QED) is 0.749. The molecule has 1 unspecified atom stereocenters. The van der Waals surface area contributed by atoms with Crippen LogP contribution in [0.4, 0.5) is 0 Å². The maximum absolute atomic E-state index is 3.57. The van der Waals surface area contributed by atoms with Gasteiger partial charge in [0.2, 0.25) is 0 Å². The highest BCUT2D eigenvalue weighted by atomic mass is 15.1. The van der Waals surface area contributed by atoms with E-state index in [0.29, 0.717) is 6.04 Å². The summed E-state index contributed by atoms with van der Waals surface area (Å²) < 4.78 is 0. The maximum atomic E-state index is 3.57. The van der Waals surface area contributed by atoms with E-state index in [2.05, 4.69) is 38.0 Å². The zero-order valence-electron chi connectivity index (χ0n) is 11.6. The molecule has 0 aromatic rings. The smallest absolute Gasteiger partial charge is 0.0107 e. The van der Waals surface area contributed by atoms with Crippen molar-refractivity contribution in [3.63, 3.8) is 0 Å². The zero-order valence-corrected chi connectivity index (χ0v) is 11.6. The van der Waals surface area contributed by atoms with Crippen LogP contribution in [0.15, 0.2) is 0 Å². The molecular formula is C14H30N2. The first-order valence-electron chi connectivity index (χ1n) is 7.07. The van der Waals surface area contributed by atoms with Gasteiger partial charge in [0.15, 0.2) is 0 Å². The predicted octanol–water partition coefficient (Wildman–Crippen LogP) is 2.89. The number of nitrogens with zero attached hydrogens (tertiary/aromatic N) is 1. The van der Waals surface area contributed by atoms with Crippen LogP contribution in [0.2, 0.25) is 0 Å². The highest BCUT2D eigenvalue weighted by molar-refractivity contribution is 4.77. The molecule has 0 aromatic heterocycles. The van der Waals surface area contributed by atoms with E-state index in [0.717, 1.165) is 18.5 Å².